The van der Waals surface area contributed by atoms with Crippen molar-refractivity contribution in [1.82, 2.24) is 0 Å². The summed E-state index contributed by atoms with van der Waals surface area (Å²) in [5, 5.41) is 142. The molecule has 390 valence electrons. The fraction of sp³-hybridized carbons (Fsp3) is 0.938. The topological polar surface area (TPSA) is 335 Å². The molecule has 0 spiro atoms. The van der Waals surface area contributed by atoms with Gasteiger partial charge in [-0.2, -0.15) is 0 Å². The molecule has 3 heterocycles. The Labute approximate surface area is 396 Å². The van der Waals surface area contributed by atoms with Gasteiger partial charge in [-0.05, 0) is 97.2 Å². The first-order valence-corrected chi connectivity index (χ1v) is 24.6. The monoisotopic (exact) mass is 975 g/mol. The number of allylic oxidation sites excluding steroid dienone is 2. The Bertz CT molecular complexity index is 1850. The normalized spacial score (nSPS) is 54.6. The SMILES string of the molecule is CC1(C)CC[C@]2(C(=O)O)CC[C@]3(C)C(=CC[C@@H]4[C@@]5(C)C[C@H](O)[C@H](O[C@@H]6O[C@H](CO)[C@@H](O)[C@H](O[C@@H]7O[C@H](CO)[C@H](O)[C@H](O[C@@H]8O[C@H](CO)[C@H](O)[C@H](O)[C@H]8O)[C@H]7O)[C@H]6O)[C@@](C)(CO)[C@@H]5CC[C@]43C)[C@@H]2C1. The molecule has 3 aliphatic heterocycles. The minimum atomic E-state index is -2.02. The van der Waals surface area contributed by atoms with Gasteiger partial charge in [0.1, 0.15) is 73.2 Å². The maximum Gasteiger partial charge on any atom is 0.310 e. The van der Waals surface area contributed by atoms with E-state index in [0.717, 1.165) is 25.7 Å². The van der Waals surface area contributed by atoms with E-state index in [9.17, 15) is 71.2 Å². The first-order chi connectivity index (χ1) is 31.8. The molecule has 0 unspecified atom stereocenters. The van der Waals surface area contributed by atoms with Crippen molar-refractivity contribution in [3.8, 4) is 0 Å². The summed E-state index contributed by atoms with van der Waals surface area (Å²) in [4.78, 5) is 13.1. The zero-order valence-electron chi connectivity index (χ0n) is 40.0. The maximum atomic E-state index is 13.1. The van der Waals surface area contributed by atoms with E-state index in [-0.39, 0.29) is 40.4 Å². The van der Waals surface area contributed by atoms with Crippen LogP contribution in [-0.2, 0) is 33.2 Å². The Morgan fingerprint density at radius 2 is 1.13 bits per heavy atom. The number of fused-ring (bicyclic) bond motifs is 7. The molecule has 13 N–H and O–H groups in total. The molecule has 25 atom stereocenters. The summed E-state index contributed by atoms with van der Waals surface area (Å²) in [5.41, 5.74) is -1.79. The molecule has 4 saturated carbocycles. The Morgan fingerprint density at radius 1 is 0.618 bits per heavy atom. The number of carboxylic acid groups (broad SMARTS) is 1. The van der Waals surface area contributed by atoms with Gasteiger partial charge >= 0.3 is 5.97 Å². The molecular weight excluding hydrogens is 897 g/mol. The van der Waals surface area contributed by atoms with Crippen molar-refractivity contribution in [2.75, 3.05) is 26.4 Å². The summed E-state index contributed by atoms with van der Waals surface area (Å²) in [7, 11) is 0. The van der Waals surface area contributed by atoms with Gasteiger partial charge in [0.25, 0.3) is 0 Å². The molecule has 68 heavy (non-hydrogen) atoms. The Balaban J connectivity index is 1.03. The van der Waals surface area contributed by atoms with Gasteiger partial charge in [0.05, 0.1) is 44.1 Å². The fourth-order valence-electron chi connectivity index (χ4n) is 15.3. The molecular formula is C48H78O20. The van der Waals surface area contributed by atoms with Crippen LogP contribution in [-0.4, -0.2) is 203 Å². The van der Waals surface area contributed by atoms with E-state index < -0.39 is 153 Å². The predicted molar refractivity (Wildman–Crippen MR) is 233 cm³/mol. The van der Waals surface area contributed by atoms with E-state index in [2.05, 4.69) is 40.7 Å². The van der Waals surface area contributed by atoms with Gasteiger partial charge in [-0.3, -0.25) is 4.79 Å². The first-order valence-electron chi connectivity index (χ1n) is 24.6. The second kappa shape index (κ2) is 18.8. The van der Waals surface area contributed by atoms with Crippen molar-refractivity contribution in [2.45, 2.75) is 204 Å². The predicted octanol–water partition coefficient (Wildman–Crippen LogP) is -1.35. The van der Waals surface area contributed by atoms with E-state index in [1.807, 2.05) is 6.92 Å². The lowest BCUT2D eigenvalue weighted by atomic mass is 9.33. The van der Waals surface area contributed by atoms with Gasteiger partial charge in [-0.1, -0.05) is 53.2 Å². The number of aliphatic hydroxyl groups is 12. The smallest absolute Gasteiger partial charge is 0.310 e. The molecule has 0 aromatic rings. The quantitative estimate of drug-likeness (QED) is 0.0841. The van der Waals surface area contributed by atoms with Gasteiger partial charge < -0.3 is 94.8 Å². The number of aliphatic carboxylic acids is 1. The highest BCUT2D eigenvalue weighted by Gasteiger charge is 2.71. The van der Waals surface area contributed by atoms with Crippen LogP contribution >= 0.6 is 0 Å². The van der Waals surface area contributed by atoms with Crippen LogP contribution in [0.25, 0.3) is 0 Å². The number of rotatable bonds is 11. The third kappa shape index (κ3) is 8.07. The number of ether oxygens (including phenoxy) is 6. The molecule has 3 saturated heterocycles. The molecule has 0 bridgehead atoms. The zero-order valence-corrected chi connectivity index (χ0v) is 40.0. The number of carbonyl (C=O) groups is 1. The van der Waals surface area contributed by atoms with Crippen molar-refractivity contribution in [1.29, 1.82) is 0 Å². The van der Waals surface area contributed by atoms with Crippen LogP contribution in [0, 0.1) is 50.2 Å². The zero-order chi connectivity index (χ0) is 49.8. The minimum Gasteiger partial charge on any atom is -0.481 e. The van der Waals surface area contributed by atoms with Crippen LogP contribution in [0.15, 0.2) is 11.6 Å². The van der Waals surface area contributed by atoms with Gasteiger partial charge in [0, 0.05) is 5.41 Å². The van der Waals surface area contributed by atoms with E-state index in [1.54, 1.807) is 0 Å². The molecule has 7 fully saturated rings. The standard InChI is InChI=1S/C48H78O20/c1-43(2)11-13-48(42(61)62)14-12-46(5)21(22(48)15-43)7-8-28-44(3)16-23(53)38(45(4,20-52)27(44)9-10-47(28,46)6)68-41-35(60)37(31(56)26(19-51)65-41)67-40-34(59)36(30(55)25(18-50)64-40)66-39-33(58)32(57)29(54)24(17-49)63-39/h7,22-41,49-60H,8-20H2,1-6H3,(H,61,62)/t22-,23-,24+,25+,26+,27+,28+,29-,30-,31+,32-,33+,34+,35+,36-,37-,38-,39-,40-,41-,44-,45-,46+,47+,48-/m0/s1. The van der Waals surface area contributed by atoms with Crippen LogP contribution in [0.5, 0.6) is 0 Å². The Hall–Kier alpha value is -1.51. The number of hydrogen-bond donors (Lipinski definition) is 13. The summed E-state index contributed by atoms with van der Waals surface area (Å²) in [6, 6.07) is 0. The first kappa shape index (κ1) is 52.8. The summed E-state index contributed by atoms with van der Waals surface area (Å²) in [5.74, 6) is -0.975. The second-order valence-corrected chi connectivity index (χ2v) is 23.5. The second-order valence-electron chi connectivity index (χ2n) is 23.5. The lowest BCUT2D eigenvalue weighted by molar-refractivity contribution is -0.388. The largest absolute Gasteiger partial charge is 0.481 e. The Morgan fingerprint density at radius 3 is 1.66 bits per heavy atom. The third-order valence-corrected chi connectivity index (χ3v) is 19.5. The number of aliphatic hydroxyl groups excluding tert-OH is 12. The molecule has 0 aromatic carbocycles. The highest BCUT2D eigenvalue weighted by Crippen LogP contribution is 2.76. The molecule has 5 aliphatic carbocycles. The molecule has 8 rings (SSSR count). The van der Waals surface area contributed by atoms with Crippen molar-refractivity contribution >= 4 is 5.97 Å². The molecule has 8 aliphatic rings. The van der Waals surface area contributed by atoms with Crippen molar-refractivity contribution < 1.29 is 99.6 Å². The van der Waals surface area contributed by atoms with Gasteiger partial charge in [-0.15, -0.1) is 0 Å². The van der Waals surface area contributed by atoms with E-state index in [4.69, 9.17) is 28.4 Å². The van der Waals surface area contributed by atoms with E-state index in [0.29, 0.717) is 25.7 Å². The summed E-state index contributed by atoms with van der Waals surface area (Å²) in [6.45, 7) is 10.2. The number of hydrogen-bond acceptors (Lipinski definition) is 19. The van der Waals surface area contributed by atoms with Crippen LogP contribution < -0.4 is 0 Å². The van der Waals surface area contributed by atoms with Crippen LogP contribution in [0.3, 0.4) is 0 Å². The van der Waals surface area contributed by atoms with Crippen LogP contribution in [0.2, 0.25) is 0 Å². The summed E-state index contributed by atoms with van der Waals surface area (Å²) < 4.78 is 35.2. The highest BCUT2D eigenvalue weighted by atomic mass is 16.8. The molecule has 20 nitrogen and oxygen atoms in total. The van der Waals surface area contributed by atoms with Crippen molar-refractivity contribution in [3.05, 3.63) is 11.6 Å². The lowest BCUT2D eigenvalue weighted by Gasteiger charge is -2.71. The molecule has 0 amide bonds. The summed E-state index contributed by atoms with van der Waals surface area (Å²) in [6.07, 6.45) is -20.6. The average Bonchev–Trinajstić information content (AvgIpc) is 3.28. The maximum absolute atomic E-state index is 13.1. The van der Waals surface area contributed by atoms with E-state index >= 15 is 0 Å². The Kier molecular flexibility index (Phi) is 14.6. The molecule has 0 aromatic heterocycles. The van der Waals surface area contributed by atoms with Crippen LogP contribution in [0.4, 0.5) is 0 Å². The van der Waals surface area contributed by atoms with Crippen molar-refractivity contribution in [3.63, 3.8) is 0 Å². The van der Waals surface area contributed by atoms with Crippen molar-refractivity contribution in [2.24, 2.45) is 50.2 Å². The minimum absolute atomic E-state index is 0.00217. The molecule has 0 radical (unpaired) electrons. The third-order valence-electron chi connectivity index (χ3n) is 19.5. The fourth-order valence-corrected chi connectivity index (χ4v) is 15.3. The van der Waals surface area contributed by atoms with E-state index in [1.165, 1.54) is 5.57 Å². The molecule has 20 heteroatoms. The average molecular weight is 975 g/mol. The van der Waals surface area contributed by atoms with Crippen LogP contribution in [0.1, 0.15) is 99.3 Å². The lowest BCUT2D eigenvalue weighted by Crippen LogP contribution is -2.70. The number of carboxylic acids is 1. The van der Waals surface area contributed by atoms with Gasteiger partial charge in [0.15, 0.2) is 18.9 Å². The highest BCUT2D eigenvalue weighted by molar-refractivity contribution is 5.76. The van der Waals surface area contributed by atoms with Gasteiger partial charge in [-0.25, -0.2) is 0 Å². The summed E-state index contributed by atoms with van der Waals surface area (Å²) >= 11 is 0. The van der Waals surface area contributed by atoms with Gasteiger partial charge in [0.2, 0.25) is 0 Å².